The van der Waals surface area contributed by atoms with E-state index in [0.29, 0.717) is 11.1 Å². The first-order chi connectivity index (χ1) is 15.2. The van der Waals surface area contributed by atoms with E-state index in [4.69, 9.17) is 9.47 Å². The molecule has 0 bridgehead atoms. The first-order valence-electron chi connectivity index (χ1n) is 10.3. The lowest BCUT2D eigenvalue weighted by atomic mass is 9.95. The summed E-state index contributed by atoms with van der Waals surface area (Å²) in [6.07, 6.45) is 0.532. The largest absolute Gasteiger partial charge is 0.464 e. The van der Waals surface area contributed by atoms with Crippen molar-refractivity contribution in [2.24, 2.45) is 4.99 Å². The minimum absolute atomic E-state index is 0.0280. The molecule has 1 atom stereocenters. The van der Waals surface area contributed by atoms with Gasteiger partial charge in [0.1, 0.15) is 11.4 Å². The Morgan fingerprint density at radius 2 is 1.56 bits per heavy atom. The first-order valence-corrected chi connectivity index (χ1v) is 10.3. The van der Waals surface area contributed by atoms with Crippen molar-refractivity contribution in [3.8, 4) is 0 Å². The molecule has 1 heterocycles. The number of rotatable bonds is 5. The number of ketones is 1. The summed E-state index contributed by atoms with van der Waals surface area (Å²) in [7, 11) is 0. The van der Waals surface area contributed by atoms with Crippen LogP contribution in [0.15, 0.2) is 77.4 Å². The molecule has 166 valence electrons. The molecule has 2 aromatic carbocycles. The van der Waals surface area contributed by atoms with E-state index < -0.39 is 29.5 Å². The molecule has 7 heteroatoms. The van der Waals surface area contributed by atoms with Gasteiger partial charge in [-0.1, -0.05) is 60.7 Å². The minimum atomic E-state index is -1.34. The highest BCUT2D eigenvalue weighted by Crippen LogP contribution is 2.27. The third kappa shape index (κ3) is 5.11. The highest BCUT2D eigenvalue weighted by atomic mass is 16.6. The van der Waals surface area contributed by atoms with Crippen molar-refractivity contribution in [3.05, 3.63) is 83.6 Å². The van der Waals surface area contributed by atoms with Gasteiger partial charge < -0.3 is 9.47 Å². The van der Waals surface area contributed by atoms with E-state index in [9.17, 15) is 14.4 Å². The number of hydrogen-bond donors (Lipinski definition) is 0. The van der Waals surface area contributed by atoms with Crippen LogP contribution < -0.4 is 0 Å². The normalized spacial score (nSPS) is 16.0. The van der Waals surface area contributed by atoms with Gasteiger partial charge in [-0.2, -0.15) is 0 Å². The molecule has 0 fully saturated rings. The number of hydrogen-bond acceptors (Lipinski definition) is 6. The van der Waals surface area contributed by atoms with Gasteiger partial charge in [0.05, 0.1) is 12.2 Å². The number of nitrogens with zero attached hydrogens (tertiary/aromatic N) is 2. The van der Waals surface area contributed by atoms with E-state index in [-0.39, 0.29) is 18.0 Å². The summed E-state index contributed by atoms with van der Waals surface area (Å²) in [5, 5.41) is 0. The van der Waals surface area contributed by atoms with Crippen LogP contribution in [0, 0.1) is 0 Å². The average molecular weight is 434 g/mol. The SMILES string of the molecule is CCOC(=O)C1C(C(=O)c2ccccc2)=CN=C(c2ccccc2)N1C(=O)OC(C)(C)C. The van der Waals surface area contributed by atoms with Crippen LogP contribution in [-0.2, 0) is 14.3 Å². The van der Waals surface area contributed by atoms with Crippen LogP contribution >= 0.6 is 0 Å². The van der Waals surface area contributed by atoms with Crippen molar-refractivity contribution < 1.29 is 23.9 Å². The zero-order valence-corrected chi connectivity index (χ0v) is 18.6. The van der Waals surface area contributed by atoms with Gasteiger partial charge in [0.25, 0.3) is 0 Å². The van der Waals surface area contributed by atoms with Gasteiger partial charge in [0.2, 0.25) is 0 Å². The maximum atomic E-state index is 13.3. The lowest BCUT2D eigenvalue weighted by Gasteiger charge is -2.35. The zero-order valence-electron chi connectivity index (χ0n) is 18.6. The Labute approximate surface area is 187 Å². The van der Waals surface area contributed by atoms with Gasteiger partial charge in [-0.3, -0.25) is 4.79 Å². The van der Waals surface area contributed by atoms with E-state index >= 15 is 0 Å². The molecule has 1 aliphatic rings. The highest BCUT2D eigenvalue weighted by molar-refractivity contribution is 6.18. The molecule has 32 heavy (non-hydrogen) atoms. The van der Waals surface area contributed by atoms with Crippen molar-refractivity contribution in [2.45, 2.75) is 39.3 Å². The summed E-state index contributed by atoms with van der Waals surface area (Å²) in [5.41, 5.74) is 0.161. The van der Waals surface area contributed by atoms with Crippen LogP contribution in [0.2, 0.25) is 0 Å². The molecule has 0 radical (unpaired) electrons. The van der Waals surface area contributed by atoms with Crippen LogP contribution in [0.1, 0.15) is 43.6 Å². The van der Waals surface area contributed by atoms with Crippen molar-refractivity contribution >= 4 is 23.7 Å². The maximum absolute atomic E-state index is 13.3. The van der Waals surface area contributed by atoms with E-state index in [0.717, 1.165) is 4.90 Å². The number of esters is 1. The summed E-state index contributed by atoms with van der Waals surface area (Å²) in [6.45, 7) is 6.91. The minimum Gasteiger partial charge on any atom is -0.464 e. The third-order valence-electron chi connectivity index (χ3n) is 4.54. The number of carbonyl (C=O) groups excluding carboxylic acids is 3. The molecule has 1 amide bonds. The van der Waals surface area contributed by atoms with Crippen molar-refractivity contribution in [1.82, 2.24) is 4.90 Å². The predicted octanol–water partition coefficient (Wildman–Crippen LogP) is 4.38. The second-order valence-corrected chi connectivity index (χ2v) is 8.10. The van der Waals surface area contributed by atoms with E-state index in [1.165, 1.54) is 6.20 Å². The van der Waals surface area contributed by atoms with Crippen molar-refractivity contribution in [2.75, 3.05) is 6.61 Å². The Bertz CT molecular complexity index is 1050. The average Bonchev–Trinajstić information content (AvgIpc) is 2.77. The number of ether oxygens (including phenoxy) is 2. The van der Waals surface area contributed by atoms with Crippen LogP contribution in [0.3, 0.4) is 0 Å². The summed E-state index contributed by atoms with van der Waals surface area (Å²) in [4.78, 5) is 45.2. The van der Waals surface area contributed by atoms with Gasteiger partial charge in [-0.05, 0) is 27.7 Å². The molecule has 0 saturated carbocycles. The lowest BCUT2D eigenvalue weighted by Crippen LogP contribution is -2.54. The number of amides is 1. The third-order valence-corrected chi connectivity index (χ3v) is 4.54. The van der Waals surface area contributed by atoms with Crippen LogP contribution in [-0.4, -0.2) is 46.8 Å². The summed E-state index contributed by atoms with van der Waals surface area (Å²) >= 11 is 0. The van der Waals surface area contributed by atoms with Gasteiger partial charge >= 0.3 is 12.1 Å². The fourth-order valence-electron chi connectivity index (χ4n) is 3.22. The maximum Gasteiger partial charge on any atom is 0.417 e. The quantitative estimate of drug-likeness (QED) is 0.515. The molecule has 3 rings (SSSR count). The molecule has 2 aromatic rings. The highest BCUT2D eigenvalue weighted by Gasteiger charge is 2.44. The van der Waals surface area contributed by atoms with E-state index in [1.54, 1.807) is 82.3 Å². The molecule has 0 spiro atoms. The number of amidine groups is 1. The molecular formula is C25H26N2O5. The Morgan fingerprint density at radius 3 is 2.12 bits per heavy atom. The number of benzene rings is 2. The lowest BCUT2D eigenvalue weighted by molar-refractivity contribution is -0.146. The molecule has 0 N–H and O–H groups in total. The molecule has 0 saturated heterocycles. The number of Topliss-reactive ketones (excluding diaryl/α,β-unsaturated/α-hetero) is 1. The Morgan fingerprint density at radius 1 is 0.969 bits per heavy atom. The van der Waals surface area contributed by atoms with Crippen LogP contribution in [0.25, 0.3) is 0 Å². The molecule has 0 aliphatic carbocycles. The Kier molecular flexibility index (Phi) is 6.88. The van der Waals surface area contributed by atoms with Crippen LogP contribution in [0.4, 0.5) is 4.79 Å². The predicted molar refractivity (Wildman–Crippen MR) is 120 cm³/mol. The Hall–Kier alpha value is -3.74. The molecular weight excluding hydrogens is 408 g/mol. The van der Waals surface area contributed by atoms with Gasteiger partial charge in [-0.25, -0.2) is 19.5 Å². The topological polar surface area (TPSA) is 85.3 Å². The Balaban J connectivity index is 2.17. The second kappa shape index (κ2) is 9.60. The van der Waals surface area contributed by atoms with E-state index in [2.05, 4.69) is 4.99 Å². The fourth-order valence-corrected chi connectivity index (χ4v) is 3.22. The van der Waals surface area contributed by atoms with E-state index in [1.807, 2.05) is 6.07 Å². The molecule has 1 unspecified atom stereocenters. The summed E-state index contributed by atoms with van der Waals surface area (Å²) < 4.78 is 10.8. The van der Waals surface area contributed by atoms with Gasteiger partial charge in [0.15, 0.2) is 11.8 Å². The summed E-state index contributed by atoms with van der Waals surface area (Å²) in [5.74, 6) is -0.965. The zero-order chi connectivity index (χ0) is 23.3. The smallest absolute Gasteiger partial charge is 0.417 e. The van der Waals surface area contributed by atoms with Gasteiger partial charge in [0, 0.05) is 17.3 Å². The van der Waals surface area contributed by atoms with Crippen molar-refractivity contribution in [3.63, 3.8) is 0 Å². The summed E-state index contributed by atoms with van der Waals surface area (Å²) in [6, 6.07) is 16.1. The first kappa shape index (κ1) is 22.9. The van der Waals surface area contributed by atoms with Crippen LogP contribution in [0.5, 0.6) is 0 Å². The number of carbonyl (C=O) groups is 3. The molecule has 7 nitrogen and oxygen atoms in total. The molecule has 0 aromatic heterocycles. The molecule has 1 aliphatic heterocycles. The van der Waals surface area contributed by atoms with Crippen molar-refractivity contribution in [1.29, 1.82) is 0 Å². The fraction of sp³-hybridized carbons (Fsp3) is 0.280. The number of aliphatic imine (C=N–C) groups is 1. The van der Waals surface area contributed by atoms with Gasteiger partial charge in [-0.15, -0.1) is 0 Å². The second-order valence-electron chi connectivity index (χ2n) is 8.10. The monoisotopic (exact) mass is 434 g/mol. The standard InChI is InChI=1S/C25H26N2O5/c1-5-31-23(29)20-19(21(28)17-12-8-6-9-13-17)16-26-22(18-14-10-7-11-15-18)27(20)24(30)32-25(2,3)4/h6-16,20H,5H2,1-4H3.